The summed E-state index contributed by atoms with van der Waals surface area (Å²) in [6.07, 6.45) is 1.35. The minimum absolute atomic E-state index is 0.0462. The van der Waals surface area contributed by atoms with Gasteiger partial charge in [0.25, 0.3) is 0 Å². The quantitative estimate of drug-likeness (QED) is 0.715. The zero-order valence-corrected chi connectivity index (χ0v) is 16.1. The number of methoxy groups -OCH3 is 1. The number of carbonyl (C=O) groups is 1. The van der Waals surface area contributed by atoms with Crippen LogP contribution in [0.2, 0.25) is 0 Å². The molecule has 0 radical (unpaired) electrons. The maximum Gasteiger partial charge on any atom is 0.354 e. The Morgan fingerprint density at radius 3 is 2.46 bits per heavy atom. The Hall–Kier alpha value is -2.16. The topological polar surface area (TPSA) is 97.6 Å². The summed E-state index contributed by atoms with van der Waals surface area (Å²) >= 11 is 0. The average Bonchev–Trinajstić information content (AvgIpc) is 3.02. The fraction of sp³-hybridized carbons (Fsp3) is 0.389. The predicted octanol–water partition coefficient (Wildman–Crippen LogP) is 1.85. The van der Waals surface area contributed by atoms with Crippen LogP contribution in [-0.2, 0) is 21.8 Å². The van der Waals surface area contributed by atoms with Crippen LogP contribution in [0.15, 0.2) is 47.5 Å². The van der Waals surface area contributed by atoms with Gasteiger partial charge in [-0.05, 0) is 11.6 Å². The van der Waals surface area contributed by atoms with Crippen LogP contribution in [-0.4, -0.2) is 37.8 Å². The lowest BCUT2D eigenvalue weighted by Crippen LogP contribution is -2.39. The van der Waals surface area contributed by atoms with E-state index in [1.54, 1.807) is 33.0 Å². The van der Waals surface area contributed by atoms with Crippen LogP contribution < -0.4 is 4.72 Å². The molecule has 1 aromatic heterocycles. The van der Waals surface area contributed by atoms with Gasteiger partial charge in [-0.15, -0.1) is 0 Å². The van der Waals surface area contributed by atoms with E-state index in [-0.39, 0.29) is 17.2 Å². The Balaban J connectivity index is 2.43. The minimum atomic E-state index is -3.93. The van der Waals surface area contributed by atoms with Crippen molar-refractivity contribution in [2.24, 2.45) is 12.5 Å². The first-order chi connectivity index (χ1) is 12.1. The summed E-state index contributed by atoms with van der Waals surface area (Å²) < 4.78 is 34.5. The fourth-order valence-corrected chi connectivity index (χ4v) is 4.09. The number of aromatic nitrogens is 1. The molecule has 0 amide bonds. The molecule has 2 aromatic rings. The van der Waals surface area contributed by atoms with Gasteiger partial charge in [-0.3, -0.25) is 0 Å². The second-order valence-corrected chi connectivity index (χ2v) is 8.49. The van der Waals surface area contributed by atoms with Gasteiger partial charge in [0.05, 0.1) is 19.8 Å². The number of carbonyl (C=O) groups excluding carboxylic acids is 1. The van der Waals surface area contributed by atoms with E-state index in [1.807, 2.05) is 18.2 Å². The van der Waals surface area contributed by atoms with Crippen molar-refractivity contribution in [3.8, 4) is 0 Å². The molecule has 26 heavy (non-hydrogen) atoms. The van der Waals surface area contributed by atoms with Crippen molar-refractivity contribution in [1.82, 2.24) is 9.29 Å². The minimum Gasteiger partial charge on any atom is -0.464 e. The van der Waals surface area contributed by atoms with Gasteiger partial charge in [-0.25, -0.2) is 17.9 Å². The van der Waals surface area contributed by atoms with Gasteiger partial charge in [-0.1, -0.05) is 44.2 Å². The highest BCUT2D eigenvalue weighted by atomic mass is 32.2. The van der Waals surface area contributed by atoms with Gasteiger partial charge in [0.2, 0.25) is 10.0 Å². The number of esters is 1. The largest absolute Gasteiger partial charge is 0.464 e. The third-order valence-electron chi connectivity index (χ3n) is 4.28. The Kier molecular flexibility index (Phi) is 5.90. The number of aliphatic hydroxyl groups is 1. The molecule has 1 heterocycles. The number of nitrogens with one attached hydrogen (secondary N) is 1. The smallest absolute Gasteiger partial charge is 0.354 e. The molecule has 8 heteroatoms. The third kappa shape index (κ3) is 4.14. The van der Waals surface area contributed by atoms with Crippen LogP contribution in [0.25, 0.3) is 0 Å². The molecule has 2 rings (SSSR count). The lowest BCUT2D eigenvalue weighted by Gasteiger charge is -2.33. The first-order valence-electron chi connectivity index (χ1n) is 8.05. The van der Waals surface area contributed by atoms with Crippen molar-refractivity contribution >= 4 is 16.0 Å². The van der Waals surface area contributed by atoms with Gasteiger partial charge in [0.1, 0.15) is 10.6 Å². The van der Waals surface area contributed by atoms with Gasteiger partial charge in [0.15, 0.2) is 0 Å². The normalized spacial score (nSPS) is 13.4. The third-order valence-corrected chi connectivity index (χ3v) is 5.67. The summed E-state index contributed by atoms with van der Waals surface area (Å²) in [5.74, 6) is -0.621. The fourth-order valence-electron chi connectivity index (χ4n) is 2.63. The Morgan fingerprint density at radius 1 is 1.31 bits per heavy atom. The van der Waals surface area contributed by atoms with Gasteiger partial charge in [0, 0.05) is 18.7 Å². The van der Waals surface area contributed by atoms with E-state index in [9.17, 15) is 18.3 Å². The number of rotatable bonds is 7. The molecule has 0 aliphatic heterocycles. The highest BCUT2D eigenvalue weighted by Crippen LogP contribution is 2.34. The van der Waals surface area contributed by atoms with Crippen LogP contribution in [0.3, 0.4) is 0 Å². The highest BCUT2D eigenvalue weighted by molar-refractivity contribution is 7.89. The molecule has 142 valence electrons. The van der Waals surface area contributed by atoms with Crippen LogP contribution in [0.1, 0.15) is 35.9 Å². The molecule has 0 saturated carbocycles. The lowest BCUT2D eigenvalue weighted by atomic mass is 9.82. The first-order valence-corrected chi connectivity index (χ1v) is 9.53. The lowest BCUT2D eigenvalue weighted by molar-refractivity contribution is 0.0590. The summed E-state index contributed by atoms with van der Waals surface area (Å²) in [5, 5.41) is 9.75. The number of aryl methyl sites for hydroxylation is 1. The Morgan fingerprint density at radius 2 is 1.92 bits per heavy atom. The molecule has 0 bridgehead atoms. The molecule has 1 aromatic carbocycles. The van der Waals surface area contributed by atoms with E-state index in [0.717, 1.165) is 5.56 Å². The number of aliphatic hydroxyl groups excluding tert-OH is 1. The molecule has 0 saturated heterocycles. The molecule has 0 fully saturated rings. The van der Waals surface area contributed by atoms with Crippen LogP contribution in [0, 0.1) is 5.41 Å². The maximum atomic E-state index is 12.9. The van der Waals surface area contributed by atoms with Crippen molar-refractivity contribution in [2.75, 3.05) is 13.7 Å². The molecular weight excluding hydrogens is 356 g/mol. The van der Waals surface area contributed by atoms with Gasteiger partial charge >= 0.3 is 5.97 Å². The SMILES string of the molecule is COC(=O)c1cc(S(=O)(=O)N[C@@H](c2ccccc2)C(C)(C)CO)cn1C. The zero-order valence-electron chi connectivity index (χ0n) is 15.3. The standard InChI is InChI=1S/C18H24N2O5S/c1-18(2,12-21)16(13-8-6-5-7-9-13)19-26(23,24)14-10-15(17(22)25-4)20(3)11-14/h5-11,16,19,21H,12H2,1-4H3/t16-/m0/s1. The van der Waals surface area contributed by atoms with Gasteiger partial charge in [-0.2, -0.15) is 0 Å². The summed E-state index contributed by atoms with van der Waals surface area (Å²) in [6, 6.07) is 9.66. The molecule has 0 spiro atoms. The van der Waals surface area contributed by atoms with Crippen LogP contribution in [0.4, 0.5) is 0 Å². The van der Waals surface area contributed by atoms with Gasteiger partial charge < -0.3 is 14.4 Å². The van der Waals surface area contributed by atoms with E-state index in [0.29, 0.717) is 0 Å². The van der Waals surface area contributed by atoms with E-state index >= 15 is 0 Å². The molecule has 2 N–H and O–H groups in total. The molecule has 7 nitrogen and oxygen atoms in total. The summed E-state index contributed by atoms with van der Waals surface area (Å²) in [7, 11) is -1.13. The van der Waals surface area contributed by atoms with E-state index in [2.05, 4.69) is 9.46 Å². The molecule has 0 aliphatic rings. The summed E-state index contributed by atoms with van der Waals surface area (Å²) in [4.78, 5) is 11.7. The second-order valence-electron chi connectivity index (χ2n) is 6.78. The van der Waals surface area contributed by atoms with Crippen molar-refractivity contribution < 1.29 is 23.1 Å². The maximum absolute atomic E-state index is 12.9. The van der Waals surface area contributed by atoms with Crippen LogP contribution >= 0.6 is 0 Å². The summed E-state index contributed by atoms with van der Waals surface area (Å²) in [5.41, 5.74) is 0.124. The van der Waals surface area contributed by atoms with Crippen LogP contribution in [0.5, 0.6) is 0 Å². The zero-order chi connectivity index (χ0) is 19.5. The van der Waals surface area contributed by atoms with Crippen molar-refractivity contribution in [3.05, 3.63) is 53.9 Å². The average molecular weight is 380 g/mol. The van der Waals surface area contributed by atoms with E-state index in [1.165, 1.54) is 23.9 Å². The summed E-state index contributed by atoms with van der Waals surface area (Å²) in [6.45, 7) is 3.34. The Labute approximate surface area is 153 Å². The monoisotopic (exact) mass is 380 g/mol. The number of hydrogen-bond acceptors (Lipinski definition) is 5. The number of ether oxygens (including phenoxy) is 1. The predicted molar refractivity (Wildman–Crippen MR) is 97.1 cm³/mol. The molecule has 1 atom stereocenters. The van der Waals surface area contributed by atoms with Crippen molar-refractivity contribution in [2.45, 2.75) is 24.8 Å². The number of nitrogens with zero attached hydrogens (tertiary/aromatic N) is 1. The second kappa shape index (κ2) is 7.61. The first kappa shape index (κ1) is 20.2. The van der Waals surface area contributed by atoms with Crippen molar-refractivity contribution in [1.29, 1.82) is 0 Å². The number of benzene rings is 1. The van der Waals surface area contributed by atoms with E-state index < -0.39 is 27.4 Å². The van der Waals surface area contributed by atoms with Crippen molar-refractivity contribution in [3.63, 3.8) is 0 Å². The molecule has 0 unspecified atom stereocenters. The molecule has 0 aliphatic carbocycles. The Bertz CT molecular complexity index is 872. The van der Waals surface area contributed by atoms with E-state index in [4.69, 9.17) is 0 Å². The molecular formula is C18H24N2O5S. The number of sulfonamides is 1. The highest BCUT2D eigenvalue weighted by Gasteiger charge is 2.34. The number of hydrogen-bond donors (Lipinski definition) is 2.